The first-order valence-corrected chi connectivity index (χ1v) is 9.64. The zero-order valence-electron chi connectivity index (χ0n) is 14.4. The van der Waals surface area contributed by atoms with E-state index in [1.54, 1.807) is 11.3 Å². The fraction of sp³-hybridized carbons (Fsp3) is 0.421. The lowest BCUT2D eigenvalue weighted by molar-refractivity contribution is 0.167. The zero-order chi connectivity index (χ0) is 17.2. The highest BCUT2D eigenvalue weighted by Crippen LogP contribution is 2.22. The molecule has 3 heterocycles. The predicted octanol–water partition coefficient (Wildman–Crippen LogP) is 3.07. The van der Waals surface area contributed by atoms with Crippen molar-refractivity contribution in [3.05, 3.63) is 57.0 Å². The number of piperidine rings is 1. The minimum absolute atomic E-state index is 0.0928. The third-order valence-electron chi connectivity index (χ3n) is 5.06. The Labute approximate surface area is 151 Å². The predicted molar refractivity (Wildman–Crippen MR) is 101 cm³/mol. The smallest absolute Gasteiger partial charge is 0.261 e. The van der Waals surface area contributed by atoms with Gasteiger partial charge in [0.1, 0.15) is 5.82 Å². The normalized spacial score (nSPS) is 16.5. The maximum atomic E-state index is 12.8. The topological polar surface area (TPSA) is 51.0 Å². The summed E-state index contributed by atoms with van der Waals surface area (Å²) >= 11 is 1.72. The van der Waals surface area contributed by atoms with Gasteiger partial charge in [0, 0.05) is 24.2 Å². The molecule has 6 heteroatoms. The Bertz CT molecular complexity index is 911. The largest absolute Gasteiger partial charge is 0.298 e. The zero-order valence-corrected chi connectivity index (χ0v) is 15.2. The van der Waals surface area contributed by atoms with E-state index in [9.17, 15) is 4.79 Å². The summed E-state index contributed by atoms with van der Waals surface area (Å²) in [6.07, 6.45) is 4.20. The molecule has 3 aromatic rings. The van der Waals surface area contributed by atoms with Crippen molar-refractivity contribution in [2.75, 3.05) is 13.1 Å². The van der Waals surface area contributed by atoms with Crippen molar-refractivity contribution in [2.24, 2.45) is 5.92 Å². The summed E-state index contributed by atoms with van der Waals surface area (Å²) in [4.78, 5) is 25.4. The van der Waals surface area contributed by atoms with Gasteiger partial charge in [-0.25, -0.2) is 4.98 Å². The average molecular weight is 354 g/mol. The summed E-state index contributed by atoms with van der Waals surface area (Å²) in [6.45, 7) is 5.87. The van der Waals surface area contributed by atoms with Gasteiger partial charge >= 0.3 is 0 Å². The van der Waals surface area contributed by atoms with E-state index in [-0.39, 0.29) is 5.56 Å². The third kappa shape index (κ3) is 3.50. The molecule has 130 valence electrons. The molecule has 0 atom stereocenters. The molecule has 0 radical (unpaired) electrons. The van der Waals surface area contributed by atoms with Crippen molar-refractivity contribution in [3.8, 4) is 0 Å². The molecular formula is C19H22N4OS. The third-order valence-corrected chi connectivity index (χ3v) is 5.83. The maximum absolute atomic E-state index is 12.8. The number of nitrogens with zero attached hydrogens (tertiary/aromatic N) is 4. The van der Waals surface area contributed by atoms with Crippen LogP contribution in [0.2, 0.25) is 0 Å². The van der Waals surface area contributed by atoms with Crippen LogP contribution in [0.4, 0.5) is 0 Å². The highest BCUT2D eigenvalue weighted by Gasteiger charge is 2.21. The van der Waals surface area contributed by atoms with Crippen LogP contribution < -0.4 is 5.56 Å². The number of para-hydroxylation sites is 1. The van der Waals surface area contributed by atoms with E-state index < -0.39 is 0 Å². The minimum Gasteiger partial charge on any atom is -0.298 e. The van der Waals surface area contributed by atoms with Gasteiger partial charge in [0.2, 0.25) is 0 Å². The molecule has 0 aliphatic carbocycles. The molecule has 1 saturated heterocycles. The molecule has 0 bridgehead atoms. The molecule has 1 aliphatic rings. The number of hydrogen-bond acceptors (Lipinski definition) is 5. The van der Waals surface area contributed by atoms with E-state index in [1.807, 2.05) is 47.5 Å². The fourth-order valence-electron chi connectivity index (χ4n) is 3.62. The maximum Gasteiger partial charge on any atom is 0.261 e. The van der Waals surface area contributed by atoms with Crippen molar-refractivity contribution in [1.29, 1.82) is 0 Å². The number of aryl methyl sites for hydroxylation is 1. The number of hydrogen-bond donors (Lipinski definition) is 0. The molecule has 1 aromatic carbocycles. The molecule has 0 unspecified atom stereocenters. The van der Waals surface area contributed by atoms with Crippen LogP contribution in [0.3, 0.4) is 0 Å². The van der Waals surface area contributed by atoms with Gasteiger partial charge in [0.25, 0.3) is 5.56 Å². The average Bonchev–Trinajstić information content (AvgIpc) is 3.13. The fourth-order valence-corrected chi connectivity index (χ4v) is 4.26. The van der Waals surface area contributed by atoms with Gasteiger partial charge in [0.15, 0.2) is 0 Å². The summed E-state index contributed by atoms with van der Waals surface area (Å²) < 4.78 is 1.87. The molecule has 0 spiro atoms. The highest BCUT2D eigenvalue weighted by molar-refractivity contribution is 7.09. The van der Waals surface area contributed by atoms with Gasteiger partial charge in [-0.3, -0.25) is 19.2 Å². The molecule has 5 nitrogen and oxygen atoms in total. The first kappa shape index (κ1) is 16.4. The molecule has 1 fully saturated rings. The number of likely N-dealkylation sites (tertiary alicyclic amines) is 1. The summed E-state index contributed by atoms with van der Waals surface area (Å²) in [5, 5.41) is 0.718. The van der Waals surface area contributed by atoms with E-state index in [0.29, 0.717) is 5.92 Å². The van der Waals surface area contributed by atoms with Gasteiger partial charge in [-0.15, -0.1) is 11.3 Å². The Kier molecular flexibility index (Phi) is 4.63. The lowest BCUT2D eigenvalue weighted by atomic mass is 9.96. The SMILES string of the molecule is Cc1nc2ccccc2c(=O)n1CC1CCN(Cc2cncs2)CC1. The molecular weight excluding hydrogens is 332 g/mol. The molecule has 0 amide bonds. The first-order valence-electron chi connectivity index (χ1n) is 8.76. The lowest BCUT2D eigenvalue weighted by Crippen LogP contribution is -2.36. The quantitative estimate of drug-likeness (QED) is 0.722. The van der Waals surface area contributed by atoms with Crippen LogP contribution in [0, 0.1) is 12.8 Å². The van der Waals surface area contributed by atoms with E-state index in [1.165, 1.54) is 4.88 Å². The summed E-state index contributed by atoms with van der Waals surface area (Å²) in [6, 6.07) is 7.62. The van der Waals surface area contributed by atoms with Gasteiger partial charge in [0.05, 0.1) is 16.4 Å². The van der Waals surface area contributed by atoms with Crippen LogP contribution >= 0.6 is 11.3 Å². The Balaban J connectivity index is 1.45. The van der Waals surface area contributed by atoms with Crippen molar-refractivity contribution >= 4 is 22.2 Å². The second-order valence-electron chi connectivity index (χ2n) is 6.78. The van der Waals surface area contributed by atoms with Crippen molar-refractivity contribution in [1.82, 2.24) is 19.4 Å². The van der Waals surface area contributed by atoms with Gasteiger partial charge in [-0.05, 0) is 50.9 Å². The molecule has 2 aromatic heterocycles. The van der Waals surface area contributed by atoms with E-state index >= 15 is 0 Å². The Morgan fingerprint density at radius 2 is 2.04 bits per heavy atom. The number of thiazole rings is 1. The molecule has 0 saturated carbocycles. The van der Waals surface area contributed by atoms with Gasteiger partial charge in [-0.1, -0.05) is 12.1 Å². The van der Waals surface area contributed by atoms with Crippen LogP contribution in [0.5, 0.6) is 0 Å². The summed E-state index contributed by atoms with van der Waals surface area (Å²) in [7, 11) is 0. The second kappa shape index (κ2) is 7.06. The number of aromatic nitrogens is 3. The van der Waals surface area contributed by atoms with Crippen molar-refractivity contribution in [3.63, 3.8) is 0 Å². The molecule has 25 heavy (non-hydrogen) atoms. The van der Waals surface area contributed by atoms with Crippen LogP contribution in [0.25, 0.3) is 10.9 Å². The van der Waals surface area contributed by atoms with Crippen LogP contribution in [-0.2, 0) is 13.1 Å². The van der Waals surface area contributed by atoms with Crippen LogP contribution in [0.1, 0.15) is 23.5 Å². The lowest BCUT2D eigenvalue weighted by Gasteiger charge is -2.32. The highest BCUT2D eigenvalue weighted by atomic mass is 32.1. The van der Waals surface area contributed by atoms with Crippen LogP contribution in [0.15, 0.2) is 40.8 Å². The van der Waals surface area contributed by atoms with E-state index in [2.05, 4.69) is 14.9 Å². The Morgan fingerprint density at radius 3 is 2.80 bits per heavy atom. The minimum atomic E-state index is 0.0928. The van der Waals surface area contributed by atoms with Crippen molar-refractivity contribution in [2.45, 2.75) is 32.9 Å². The summed E-state index contributed by atoms with van der Waals surface area (Å²) in [5.41, 5.74) is 2.78. The Morgan fingerprint density at radius 1 is 1.24 bits per heavy atom. The molecule has 4 rings (SSSR count). The standard InChI is InChI=1S/C19H22N4OS/c1-14-21-18-5-3-2-4-17(18)19(24)23(14)11-15-6-8-22(9-7-15)12-16-10-20-13-25-16/h2-5,10,13,15H,6-9,11-12H2,1H3. The molecule has 0 N–H and O–H groups in total. The van der Waals surface area contributed by atoms with E-state index in [4.69, 9.17) is 0 Å². The van der Waals surface area contributed by atoms with E-state index in [0.717, 1.165) is 55.7 Å². The first-order chi connectivity index (χ1) is 12.2. The summed E-state index contributed by atoms with van der Waals surface area (Å²) in [5.74, 6) is 1.35. The van der Waals surface area contributed by atoms with Crippen molar-refractivity contribution < 1.29 is 0 Å². The Hall–Kier alpha value is -2.05. The molecule has 1 aliphatic heterocycles. The number of fused-ring (bicyclic) bond motifs is 1. The number of rotatable bonds is 4. The van der Waals surface area contributed by atoms with Gasteiger partial charge < -0.3 is 0 Å². The monoisotopic (exact) mass is 354 g/mol. The van der Waals surface area contributed by atoms with Crippen LogP contribution in [-0.4, -0.2) is 32.5 Å². The van der Waals surface area contributed by atoms with Gasteiger partial charge in [-0.2, -0.15) is 0 Å². The second-order valence-corrected chi connectivity index (χ2v) is 7.75. The number of benzene rings is 1.